The topological polar surface area (TPSA) is 53.0 Å². The first-order valence-electron chi connectivity index (χ1n) is 5.24. The summed E-state index contributed by atoms with van der Waals surface area (Å²) in [7, 11) is 0. The molecule has 1 aromatic heterocycles. The summed E-state index contributed by atoms with van der Waals surface area (Å²) in [5.74, 6) is -1.17. The molecule has 0 aliphatic carbocycles. The number of hydrogen-bond acceptors (Lipinski definition) is 3. The van der Waals surface area contributed by atoms with Crippen molar-refractivity contribution in [3.8, 4) is 0 Å². The van der Waals surface area contributed by atoms with Crippen LogP contribution in [0.5, 0.6) is 0 Å². The number of hydrogen-bond donors (Lipinski definition) is 0. The lowest BCUT2D eigenvalue weighted by atomic mass is 10.0. The van der Waals surface area contributed by atoms with Crippen LogP contribution in [0.1, 0.15) is 10.4 Å². The van der Waals surface area contributed by atoms with Gasteiger partial charge in [0.15, 0.2) is 0 Å². The molecule has 0 fully saturated rings. The van der Waals surface area contributed by atoms with Gasteiger partial charge in [-0.2, -0.15) is 0 Å². The first-order valence-corrected chi connectivity index (χ1v) is 5.24. The summed E-state index contributed by atoms with van der Waals surface area (Å²) in [4.78, 5) is 15.1. The number of carbonyl (C=O) groups is 1. The van der Waals surface area contributed by atoms with E-state index in [4.69, 9.17) is 0 Å². The summed E-state index contributed by atoms with van der Waals surface area (Å²) in [5, 5.41) is 13.7. The van der Waals surface area contributed by atoms with Crippen molar-refractivity contribution >= 4 is 27.6 Å². The Morgan fingerprint density at radius 1 is 1.06 bits per heavy atom. The van der Waals surface area contributed by atoms with Crippen molar-refractivity contribution in [2.24, 2.45) is 0 Å². The number of aromatic carboxylic acids is 1. The van der Waals surface area contributed by atoms with Crippen LogP contribution in [-0.2, 0) is 0 Å². The van der Waals surface area contributed by atoms with Gasteiger partial charge < -0.3 is 9.90 Å². The molecule has 0 radical (unpaired) electrons. The first-order chi connectivity index (χ1) is 8.25. The molecule has 82 valence electrons. The molecule has 1 heterocycles. The normalized spacial score (nSPS) is 10.8. The quantitative estimate of drug-likeness (QED) is 0.589. The molecule has 3 nitrogen and oxygen atoms in total. The van der Waals surface area contributed by atoms with Crippen LogP contribution in [0.4, 0.5) is 0 Å². The lowest BCUT2D eigenvalue weighted by Crippen LogP contribution is -2.21. The highest BCUT2D eigenvalue weighted by atomic mass is 16.4. The van der Waals surface area contributed by atoms with Gasteiger partial charge in [0.25, 0.3) is 0 Å². The fourth-order valence-electron chi connectivity index (χ4n) is 1.99. The van der Waals surface area contributed by atoms with E-state index in [1.807, 2.05) is 24.3 Å². The minimum Gasteiger partial charge on any atom is -0.545 e. The van der Waals surface area contributed by atoms with Crippen molar-refractivity contribution in [3.05, 3.63) is 54.2 Å². The van der Waals surface area contributed by atoms with E-state index in [1.165, 1.54) is 6.07 Å². The molecule has 0 saturated carbocycles. The Labute approximate surface area is 97.3 Å². The van der Waals surface area contributed by atoms with Crippen molar-refractivity contribution < 1.29 is 9.90 Å². The Hall–Kier alpha value is -2.42. The molecule has 0 N–H and O–H groups in total. The Morgan fingerprint density at radius 2 is 1.88 bits per heavy atom. The molecule has 3 heteroatoms. The number of fused-ring (bicyclic) bond motifs is 3. The van der Waals surface area contributed by atoms with Crippen molar-refractivity contribution in [1.82, 2.24) is 4.98 Å². The zero-order valence-corrected chi connectivity index (χ0v) is 8.88. The maximum Gasteiger partial charge on any atom is 0.0715 e. The molecular formula is C14H8NO2-. The van der Waals surface area contributed by atoms with Gasteiger partial charge in [0.05, 0.1) is 11.5 Å². The lowest BCUT2D eigenvalue weighted by Gasteiger charge is -2.06. The highest BCUT2D eigenvalue weighted by molar-refractivity contribution is 6.07. The van der Waals surface area contributed by atoms with Gasteiger partial charge in [0.1, 0.15) is 0 Å². The van der Waals surface area contributed by atoms with Crippen LogP contribution in [0, 0.1) is 0 Å². The van der Waals surface area contributed by atoms with Crippen molar-refractivity contribution in [2.45, 2.75) is 0 Å². The van der Waals surface area contributed by atoms with E-state index in [2.05, 4.69) is 4.98 Å². The third-order valence-corrected chi connectivity index (χ3v) is 2.83. The van der Waals surface area contributed by atoms with Gasteiger partial charge in [0, 0.05) is 17.0 Å². The largest absolute Gasteiger partial charge is 0.545 e. The van der Waals surface area contributed by atoms with E-state index < -0.39 is 5.97 Å². The summed E-state index contributed by atoms with van der Waals surface area (Å²) in [6, 6.07) is 12.6. The molecule has 3 aromatic rings. The highest BCUT2D eigenvalue weighted by Gasteiger charge is 2.02. The molecular weight excluding hydrogens is 214 g/mol. The van der Waals surface area contributed by atoms with E-state index in [0.29, 0.717) is 0 Å². The molecule has 0 bridgehead atoms. The molecule has 17 heavy (non-hydrogen) atoms. The predicted octanol–water partition coefficient (Wildman–Crippen LogP) is 1.75. The molecule has 0 unspecified atom stereocenters. The average molecular weight is 222 g/mol. The predicted molar refractivity (Wildman–Crippen MR) is 63.6 cm³/mol. The minimum absolute atomic E-state index is 0.177. The summed E-state index contributed by atoms with van der Waals surface area (Å²) >= 11 is 0. The zero-order valence-electron chi connectivity index (χ0n) is 8.88. The minimum atomic E-state index is -1.17. The second-order valence-corrected chi connectivity index (χ2v) is 3.86. The van der Waals surface area contributed by atoms with E-state index in [0.717, 1.165) is 21.7 Å². The van der Waals surface area contributed by atoms with E-state index in [-0.39, 0.29) is 5.56 Å². The maximum absolute atomic E-state index is 10.8. The Balaban J connectivity index is 2.46. The van der Waals surface area contributed by atoms with Crippen LogP contribution in [0.2, 0.25) is 0 Å². The molecule has 2 aromatic carbocycles. The Bertz CT molecular complexity index is 734. The van der Waals surface area contributed by atoms with E-state index >= 15 is 0 Å². The molecule has 0 aliphatic rings. The molecule has 0 atom stereocenters. The number of pyridine rings is 1. The van der Waals surface area contributed by atoms with Gasteiger partial charge in [-0.05, 0) is 23.1 Å². The standard InChI is InChI=1S/C14H9NO2/c16-14(17)9-5-6-13-12(7-9)11-4-2-1-3-10(11)8-15-13/h1-8H,(H,16,17)/p-1. The van der Waals surface area contributed by atoms with Crippen molar-refractivity contribution in [3.63, 3.8) is 0 Å². The van der Waals surface area contributed by atoms with Gasteiger partial charge in [0.2, 0.25) is 0 Å². The number of nitrogens with zero attached hydrogens (tertiary/aromatic N) is 1. The number of rotatable bonds is 1. The van der Waals surface area contributed by atoms with Crippen LogP contribution in [0.25, 0.3) is 21.7 Å². The highest BCUT2D eigenvalue weighted by Crippen LogP contribution is 2.23. The average Bonchev–Trinajstić information content (AvgIpc) is 2.38. The van der Waals surface area contributed by atoms with Gasteiger partial charge >= 0.3 is 0 Å². The van der Waals surface area contributed by atoms with E-state index in [9.17, 15) is 9.90 Å². The molecule has 0 saturated heterocycles. The van der Waals surface area contributed by atoms with Gasteiger partial charge in [-0.1, -0.05) is 30.3 Å². The molecule has 3 rings (SSSR count). The van der Waals surface area contributed by atoms with Crippen LogP contribution in [-0.4, -0.2) is 11.0 Å². The number of aromatic nitrogens is 1. The first kappa shape index (κ1) is 9.78. The zero-order chi connectivity index (χ0) is 11.8. The Morgan fingerprint density at radius 3 is 2.71 bits per heavy atom. The van der Waals surface area contributed by atoms with Crippen LogP contribution >= 0.6 is 0 Å². The Kier molecular flexibility index (Phi) is 2.05. The maximum atomic E-state index is 10.8. The second-order valence-electron chi connectivity index (χ2n) is 3.86. The van der Waals surface area contributed by atoms with E-state index in [1.54, 1.807) is 18.3 Å². The monoisotopic (exact) mass is 222 g/mol. The summed E-state index contributed by atoms with van der Waals surface area (Å²) in [6.07, 6.45) is 1.79. The van der Waals surface area contributed by atoms with Crippen molar-refractivity contribution in [2.75, 3.05) is 0 Å². The smallest absolute Gasteiger partial charge is 0.0715 e. The number of carboxylic acid groups (broad SMARTS) is 1. The summed E-state index contributed by atoms with van der Waals surface area (Å²) < 4.78 is 0. The van der Waals surface area contributed by atoms with Gasteiger partial charge in [-0.15, -0.1) is 0 Å². The van der Waals surface area contributed by atoms with Gasteiger partial charge in [-0.3, -0.25) is 4.98 Å². The van der Waals surface area contributed by atoms with Crippen molar-refractivity contribution in [1.29, 1.82) is 0 Å². The van der Waals surface area contributed by atoms with Crippen LogP contribution in [0.3, 0.4) is 0 Å². The summed E-state index contributed by atoms with van der Waals surface area (Å²) in [6.45, 7) is 0. The number of benzene rings is 2. The summed E-state index contributed by atoms with van der Waals surface area (Å²) in [5.41, 5.74) is 0.962. The van der Waals surface area contributed by atoms with Crippen LogP contribution in [0.15, 0.2) is 48.7 Å². The fraction of sp³-hybridized carbons (Fsp3) is 0. The third-order valence-electron chi connectivity index (χ3n) is 2.83. The number of carboxylic acids is 1. The third kappa shape index (κ3) is 1.52. The second kappa shape index (κ2) is 3.56. The fourth-order valence-corrected chi connectivity index (χ4v) is 1.99. The van der Waals surface area contributed by atoms with Gasteiger partial charge in [-0.25, -0.2) is 0 Å². The molecule has 0 amide bonds. The van der Waals surface area contributed by atoms with Crippen LogP contribution < -0.4 is 5.11 Å². The molecule has 0 spiro atoms. The lowest BCUT2D eigenvalue weighted by molar-refractivity contribution is -0.255. The number of carbonyl (C=O) groups excluding carboxylic acids is 1. The molecule has 0 aliphatic heterocycles. The SMILES string of the molecule is O=C([O-])c1ccc2ncc3ccccc3c2c1.